The molecule has 0 spiro atoms. The maximum Gasteiger partial charge on any atom is 0.303 e. The van der Waals surface area contributed by atoms with Crippen LogP contribution < -0.4 is 10.6 Å². The van der Waals surface area contributed by atoms with Crippen LogP contribution in [0.15, 0.2) is 0 Å². The molecule has 1 aliphatic heterocycles. The SMILES string of the molecule is O=C(O)CCCNC1CCCNCC1. The molecular weight excluding hydrogens is 180 g/mol. The molecule has 0 aliphatic carbocycles. The number of nitrogens with one attached hydrogen (secondary N) is 2. The summed E-state index contributed by atoms with van der Waals surface area (Å²) < 4.78 is 0. The second-order valence-electron chi connectivity index (χ2n) is 3.83. The third-order valence-electron chi connectivity index (χ3n) is 2.58. The van der Waals surface area contributed by atoms with Crippen LogP contribution in [0, 0.1) is 0 Å². The Hall–Kier alpha value is -0.610. The standard InChI is InChI=1S/C10H20N2O2/c13-10(14)4-2-7-12-9-3-1-6-11-8-5-9/h9,11-12H,1-8H2,(H,13,14). The highest BCUT2D eigenvalue weighted by molar-refractivity contribution is 5.66. The zero-order valence-corrected chi connectivity index (χ0v) is 8.59. The number of aliphatic carboxylic acids is 1. The quantitative estimate of drug-likeness (QED) is 0.568. The predicted octanol–water partition coefficient (Wildman–Crippen LogP) is 0.583. The number of rotatable bonds is 5. The topological polar surface area (TPSA) is 61.4 Å². The van der Waals surface area contributed by atoms with Gasteiger partial charge in [-0.05, 0) is 45.3 Å². The third-order valence-corrected chi connectivity index (χ3v) is 2.58. The summed E-state index contributed by atoms with van der Waals surface area (Å²) >= 11 is 0. The minimum atomic E-state index is -0.700. The second kappa shape index (κ2) is 6.79. The van der Waals surface area contributed by atoms with Crippen molar-refractivity contribution in [2.45, 2.75) is 38.1 Å². The highest BCUT2D eigenvalue weighted by Gasteiger charge is 2.10. The van der Waals surface area contributed by atoms with Gasteiger partial charge in [0.25, 0.3) is 0 Å². The minimum Gasteiger partial charge on any atom is -0.481 e. The average molecular weight is 200 g/mol. The highest BCUT2D eigenvalue weighted by Crippen LogP contribution is 2.04. The van der Waals surface area contributed by atoms with Gasteiger partial charge in [-0.15, -0.1) is 0 Å². The molecule has 3 N–H and O–H groups in total. The Bertz CT molecular complexity index is 166. The van der Waals surface area contributed by atoms with Gasteiger partial charge < -0.3 is 15.7 Å². The Morgan fingerprint density at radius 2 is 2.29 bits per heavy atom. The van der Waals surface area contributed by atoms with Gasteiger partial charge in [-0.1, -0.05) is 0 Å². The van der Waals surface area contributed by atoms with Crippen molar-refractivity contribution in [3.05, 3.63) is 0 Å². The van der Waals surface area contributed by atoms with E-state index in [0.717, 1.165) is 32.5 Å². The first kappa shape index (κ1) is 11.5. The zero-order valence-electron chi connectivity index (χ0n) is 8.59. The van der Waals surface area contributed by atoms with E-state index < -0.39 is 5.97 Å². The lowest BCUT2D eigenvalue weighted by Gasteiger charge is -2.15. The summed E-state index contributed by atoms with van der Waals surface area (Å²) in [6, 6.07) is 0.582. The molecule has 0 amide bonds. The third kappa shape index (κ3) is 5.19. The first-order chi connectivity index (χ1) is 6.79. The molecule has 0 saturated carbocycles. The van der Waals surface area contributed by atoms with E-state index in [4.69, 9.17) is 5.11 Å². The van der Waals surface area contributed by atoms with Crippen molar-refractivity contribution in [2.24, 2.45) is 0 Å². The lowest BCUT2D eigenvalue weighted by Crippen LogP contribution is -2.31. The fourth-order valence-corrected chi connectivity index (χ4v) is 1.77. The highest BCUT2D eigenvalue weighted by atomic mass is 16.4. The lowest BCUT2D eigenvalue weighted by molar-refractivity contribution is -0.137. The van der Waals surface area contributed by atoms with Crippen LogP contribution in [-0.2, 0) is 4.79 Å². The Morgan fingerprint density at radius 1 is 1.43 bits per heavy atom. The van der Waals surface area contributed by atoms with Crippen molar-refractivity contribution in [3.8, 4) is 0 Å². The maximum absolute atomic E-state index is 10.3. The summed E-state index contributed by atoms with van der Waals surface area (Å²) in [6.07, 6.45) is 4.60. The summed E-state index contributed by atoms with van der Waals surface area (Å²) in [5, 5.41) is 15.2. The van der Waals surface area contributed by atoms with Crippen molar-refractivity contribution in [2.75, 3.05) is 19.6 Å². The van der Waals surface area contributed by atoms with E-state index in [0.29, 0.717) is 6.04 Å². The van der Waals surface area contributed by atoms with Gasteiger partial charge in [-0.25, -0.2) is 0 Å². The minimum absolute atomic E-state index is 0.276. The molecule has 1 fully saturated rings. The molecule has 1 aliphatic rings. The molecule has 1 unspecified atom stereocenters. The Kier molecular flexibility index (Phi) is 5.56. The van der Waals surface area contributed by atoms with Crippen LogP contribution in [0.3, 0.4) is 0 Å². The van der Waals surface area contributed by atoms with Crippen molar-refractivity contribution in [1.29, 1.82) is 0 Å². The first-order valence-corrected chi connectivity index (χ1v) is 5.45. The summed E-state index contributed by atoms with van der Waals surface area (Å²) in [6.45, 7) is 3.03. The first-order valence-electron chi connectivity index (χ1n) is 5.45. The van der Waals surface area contributed by atoms with Crippen LogP contribution >= 0.6 is 0 Å². The van der Waals surface area contributed by atoms with Gasteiger partial charge in [-0.2, -0.15) is 0 Å². The van der Waals surface area contributed by atoms with Crippen LogP contribution in [0.2, 0.25) is 0 Å². The number of carboxylic acid groups (broad SMARTS) is 1. The monoisotopic (exact) mass is 200 g/mol. The molecule has 1 heterocycles. The second-order valence-corrected chi connectivity index (χ2v) is 3.83. The van der Waals surface area contributed by atoms with Crippen LogP contribution in [0.25, 0.3) is 0 Å². The van der Waals surface area contributed by atoms with Crippen molar-refractivity contribution in [1.82, 2.24) is 10.6 Å². The van der Waals surface area contributed by atoms with Gasteiger partial charge in [0.2, 0.25) is 0 Å². The summed E-state index contributed by atoms with van der Waals surface area (Å²) in [5.41, 5.74) is 0. The maximum atomic E-state index is 10.3. The van der Waals surface area contributed by atoms with Crippen LogP contribution in [0.1, 0.15) is 32.1 Å². The number of carbonyl (C=O) groups is 1. The van der Waals surface area contributed by atoms with Gasteiger partial charge >= 0.3 is 5.97 Å². The molecule has 0 aromatic heterocycles. The number of carboxylic acids is 1. The number of hydrogen-bond acceptors (Lipinski definition) is 3. The molecule has 82 valence electrons. The van der Waals surface area contributed by atoms with Gasteiger partial charge in [0, 0.05) is 12.5 Å². The summed E-state index contributed by atoms with van der Waals surface area (Å²) in [4.78, 5) is 10.3. The Morgan fingerprint density at radius 3 is 3.07 bits per heavy atom. The fourth-order valence-electron chi connectivity index (χ4n) is 1.77. The summed E-state index contributed by atoms with van der Waals surface area (Å²) in [7, 11) is 0. The van der Waals surface area contributed by atoms with Crippen LogP contribution in [0.4, 0.5) is 0 Å². The molecule has 0 bridgehead atoms. The van der Waals surface area contributed by atoms with E-state index in [-0.39, 0.29) is 6.42 Å². The van der Waals surface area contributed by atoms with E-state index in [2.05, 4.69) is 10.6 Å². The molecule has 4 heteroatoms. The van der Waals surface area contributed by atoms with E-state index in [9.17, 15) is 4.79 Å². The fraction of sp³-hybridized carbons (Fsp3) is 0.900. The lowest BCUT2D eigenvalue weighted by atomic mass is 10.1. The molecule has 0 aromatic carbocycles. The van der Waals surface area contributed by atoms with Gasteiger partial charge in [-0.3, -0.25) is 4.79 Å². The molecule has 0 radical (unpaired) electrons. The van der Waals surface area contributed by atoms with Gasteiger partial charge in [0.05, 0.1) is 0 Å². The molecule has 4 nitrogen and oxygen atoms in total. The van der Waals surface area contributed by atoms with E-state index >= 15 is 0 Å². The van der Waals surface area contributed by atoms with E-state index in [1.165, 1.54) is 12.8 Å². The van der Waals surface area contributed by atoms with E-state index in [1.54, 1.807) is 0 Å². The predicted molar refractivity (Wildman–Crippen MR) is 55.4 cm³/mol. The summed E-state index contributed by atoms with van der Waals surface area (Å²) in [5.74, 6) is -0.700. The molecule has 1 saturated heterocycles. The number of hydrogen-bond donors (Lipinski definition) is 3. The normalized spacial score (nSPS) is 23.0. The molecule has 1 rings (SSSR count). The molecular formula is C10H20N2O2. The largest absolute Gasteiger partial charge is 0.481 e. The zero-order chi connectivity index (χ0) is 10.2. The Balaban J connectivity index is 2.01. The van der Waals surface area contributed by atoms with Crippen molar-refractivity contribution in [3.63, 3.8) is 0 Å². The smallest absolute Gasteiger partial charge is 0.303 e. The molecule has 14 heavy (non-hydrogen) atoms. The average Bonchev–Trinajstić information content (AvgIpc) is 2.40. The van der Waals surface area contributed by atoms with E-state index in [1.807, 2.05) is 0 Å². The van der Waals surface area contributed by atoms with Crippen molar-refractivity contribution >= 4 is 5.97 Å². The molecule has 0 aromatic rings. The Labute approximate surface area is 85.1 Å². The van der Waals surface area contributed by atoms with Crippen LogP contribution in [0.5, 0.6) is 0 Å². The van der Waals surface area contributed by atoms with Gasteiger partial charge in [0.1, 0.15) is 0 Å². The van der Waals surface area contributed by atoms with Gasteiger partial charge in [0.15, 0.2) is 0 Å². The molecule has 1 atom stereocenters. The van der Waals surface area contributed by atoms with Crippen molar-refractivity contribution < 1.29 is 9.90 Å². The van der Waals surface area contributed by atoms with Crippen LogP contribution in [-0.4, -0.2) is 36.8 Å².